The Bertz CT molecular complexity index is 878. The van der Waals surface area contributed by atoms with Crippen LogP contribution in [-0.4, -0.2) is 23.3 Å². The third kappa shape index (κ3) is 3.34. The molecule has 0 amide bonds. The van der Waals surface area contributed by atoms with E-state index in [0.717, 1.165) is 38.5 Å². The van der Waals surface area contributed by atoms with Gasteiger partial charge in [0.05, 0.1) is 0 Å². The Morgan fingerprint density at radius 3 is 2.47 bits per heavy atom. The largest absolute Gasteiger partial charge is 0.462 e. The molecule has 5 fully saturated rings. The Labute approximate surface area is 206 Å². The van der Waals surface area contributed by atoms with Gasteiger partial charge in [0.15, 0.2) is 0 Å². The minimum atomic E-state index is -0.367. The molecule has 0 aromatic heterocycles. The predicted molar refractivity (Wildman–Crippen MR) is 134 cm³/mol. The highest BCUT2D eigenvalue weighted by atomic mass is 17.2. The van der Waals surface area contributed by atoms with Crippen LogP contribution in [0, 0.1) is 40.4 Å². The van der Waals surface area contributed by atoms with Crippen molar-refractivity contribution >= 4 is 5.97 Å². The number of carbonyl (C=O) groups excluding carboxylic acids is 1. The van der Waals surface area contributed by atoms with Gasteiger partial charge in [-0.1, -0.05) is 59.8 Å². The summed E-state index contributed by atoms with van der Waals surface area (Å²) in [6, 6.07) is 0. The second-order valence-electron chi connectivity index (χ2n) is 13.3. The highest BCUT2D eigenvalue weighted by molar-refractivity contribution is 5.66. The molecule has 0 N–H and O–H groups in total. The molecule has 6 rings (SSSR count). The summed E-state index contributed by atoms with van der Waals surface area (Å²) in [7, 11) is 0. The molecule has 4 aliphatic carbocycles. The van der Waals surface area contributed by atoms with E-state index in [-0.39, 0.29) is 34.1 Å². The lowest BCUT2D eigenvalue weighted by atomic mass is 9.44. The SMILES string of the molecule is CC(=O)O[C@@H]1CC[C@]2(C)C3=CC[C@]4(C)[C@H]([C@H](C)/C=C/[C@@H](C)C(C)C)CC[C@@H]4[C@@]34CC[C@]2(C1)OO4. The molecule has 0 aromatic carbocycles. The lowest BCUT2D eigenvalue weighted by molar-refractivity contribution is -0.494. The second-order valence-corrected chi connectivity index (χ2v) is 13.3. The third-order valence-corrected chi connectivity index (χ3v) is 11.3. The summed E-state index contributed by atoms with van der Waals surface area (Å²) >= 11 is 0. The van der Waals surface area contributed by atoms with Gasteiger partial charge in [-0.25, -0.2) is 9.78 Å². The van der Waals surface area contributed by atoms with Crippen LogP contribution in [0.3, 0.4) is 0 Å². The Hall–Kier alpha value is -1.13. The van der Waals surface area contributed by atoms with Gasteiger partial charge >= 0.3 is 5.97 Å². The normalized spacial score (nSPS) is 47.1. The van der Waals surface area contributed by atoms with Crippen molar-refractivity contribution in [1.29, 1.82) is 0 Å². The van der Waals surface area contributed by atoms with Gasteiger partial charge in [0.1, 0.15) is 17.3 Å². The van der Waals surface area contributed by atoms with Crippen molar-refractivity contribution in [3.8, 4) is 0 Å². The standard InChI is InChI=1S/C30H46O4/c1-19(2)20(3)8-9-21(4)24-10-11-25-27(24,6)14-13-26-28(7)15-12-23(32-22(5)31)18-29(28)16-17-30(25,26)34-33-29/h8-9,13,19-21,23-25H,10-12,14-18H2,1-7H3/b9-8+/t20-,21-,23-,24+,25+,27-,28-,29-,30+/m1/s1. The molecular weight excluding hydrogens is 424 g/mol. The van der Waals surface area contributed by atoms with E-state index in [4.69, 9.17) is 14.5 Å². The van der Waals surface area contributed by atoms with E-state index in [1.54, 1.807) is 0 Å². The highest BCUT2D eigenvalue weighted by Crippen LogP contribution is 2.73. The van der Waals surface area contributed by atoms with Crippen LogP contribution in [0.4, 0.5) is 0 Å². The van der Waals surface area contributed by atoms with Crippen LogP contribution in [0.25, 0.3) is 0 Å². The fraction of sp³-hybridized carbons (Fsp3) is 0.833. The Kier molecular flexibility index (Phi) is 5.92. The van der Waals surface area contributed by atoms with E-state index in [0.29, 0.717) is 29.6 Å². The van der Waals surface area contributed by atoms with Crippen LogP contribution in [-0.2, 0) is 19.3 Å². The van der Waals surface area contributed by atoms with Gasteiger partial charge in [0.25, 0.3) is 0 Å². The Morgan fingerprint density at radius 2 is 1.82 bits per heavy atom. The van der Waals surface area contributed by atoms with Crippen molar-refractivity contribution in [1.82, 2.24) is 0 Å². The lowest BCUT2D eigenvalue weighted by Gasteiger charge is -2.69. The maximum absolute atomic E-state index is 11.6. The summed E-state index contributed by atoms with van der Waals surface area (Å²) in [4.78, 5) is 24.6. The molecule has 9 atom stereocenters. The fourth-order valence-corrected chi connectivity index (χ4v) is 8.90. The van der Waals surface area contributed by atoms with E-state index < -0.39 is 0 Å². The van der Waals surface area contributed by atoms with Crippen molar-refractivity contribution in [2.24, 2.45) is 40.4 Å². The Balaban J connectivity index is 1.43. The minimum Gasteiger partial charge on any atom is -0.462 e. The molecular formula is C30H46O4. The van der Waals surface area contributed by atoms with Gasteiger partial charge < -0.3 is 4.74 Å². The molecule has 34 heavy (non-hydrogen) atoms. The topological polar surface area (TPSA) is 44.8 Å². The van der Waals surface area contributed by atoms with E-state index in [9.17, 15) is 4.79 Å². The van der Waals surface area contributed by atoms with Crippen molar-refractivity contribution < 1.29 is 19.3 Å². The summed E-state index contributed by atoms with van der Waals surface area (Å²) in [5.41, 5.74) is 1.08. The first kappa shape index (κ1) is 24.6. The van der Waals surface area contributed by atoms with Gasteiger partial charge in [-0.15, -0.1) is 0 Å². The summed E-state index contributed by atoms with van der Waals surface area (Å²) < 4.78 is 5.64. The number of allylic oxidation sites excluding steroid dienone is 3. The molecule has 2 aliphatic heterocycles. The molecule has 190 valence electrons. The quantitative estimate of drug-likeness (QED) is 0.242. The number of hydrogen-bond acceptors (Lipinski definition) is 4. The predicted octanol–water partition coefficient (Wildman–Crippen LogP) is 7.19. The van der Waals surface area contributed by atoms with Gasteiger partial charge in [-0.2, -0.15) is 0 Å². The maximum Gasteiger partial charge on any atom is 0.302 e. The molecule has 0 aromatic rings. The first-order valence-electron chi connectivity index (χ1n) is 13.9. The molecule has 2 heterocycles. The van der Waals surface area contributed by atoms with E-state index in [1.165, 1.54) is 25.3 Å². The smallest absolute Gasteiger partial charge is 0.302 e. The average Bonchev–Trinajstić information content (AvgIpc) is 3.14. The summed E-state index contributed by atoms with van der Waals surface area (Å²) in [6.07, 6.45) is 15.8. The van der Waals surface area contributed by atoms with Gasteiger partial charge in [0, 0.05) is 24.7 Å². The minimum absolute atomic E-state index is 0.0300. The number of rotatable bonds is 5. The molecule has 6 aliphatic rings. The monoisotopic (exact) mass is 470 g/mol. The molecule has 2 saturated heterocycles. The van der Waals surface area contributed by atoms with Crippen molar-refractivity contribution in [3.63, 3.8) is 0 Å². The third-order valence-electron chi connectivity index (χ3n) is 11.3. The van der Waals surface area contributed by atoms with Gasteiger partial charge in [-0.3, -0.25) is 4.79 Å². The van der Waals surface area contributed by atoms with E-state index in [2.05, 4.69) is 59.8 Å². The molecule has 4 heteroatoms. The molecule has 2 bridgehead atoms. The zero-order valence-electron chi connectivity index (χ0n) is 22.5. The van der Waals surface area contributed by atoms with Crippen LogP contribution < -0.4 is 0 Å². The van der Waals surface area contributed by atoms with Crippen molar-refractivity contribution in [2.75, 3.05) is 0 Å². The average molecular weight is 471 g/mol. The summed E-state index contributed by atoms with van der Waals surface area (Å²) in [5.74, 6) is 2.86. The zero-order valence-corrected chi connectivity index (χ0v) is 22.5. The molecule has 0 radical (unpaired) electrons. The first-order valence-corrected chi connectivity index (χ1v) is 13.9. The maximum atomic E-state index is 11.6. The highest BCUT2D eigenvalue weighted by Gasteiger charge is 2.73. The Morgan fingerprint density at radius 1 is 1.06 bits per heavy atom. The van der Waals surface area contributed by atoms with Crippen LogP contribution in [0.5, 0.6) is 0 Å². The van der Waals surface area contributed by atoms with Crippen LogP contribution in [0.15, 0.2) is 23.8 Å². The van der Waals surface area contributed by atoms with E-state index in [1.807, 2.05) is 0 Å². The van der Waals surface area contributed by atoms with Crippen molar-refractivity contribution in [2.45, 2.75) is 117 Å². The number of carbonyl (C=O) groups is 1. The zero-order chi connectivity index (χ0) is 24.5. The van der Waals surface area contributed by atoms with Gasteiger partial charge in [0.2, 0.25) is 0 Å². The van der Waals surface area contributed by atoms with Crippen LogP contribution >= 0.6 is 0 Å². The fourth-order valence-electron chi connectivity index (χ4n) is 8.90. The molecule has 4 nitrogen and oxygen atoms in total. The number of fused-ring (bicyclic) bond motifs is 3. The molecule has 0 unspecified atom stereocenters. The summed E-state index contributed by atoms with van der Waals surface area (Å²) in [6.45, 7) is 15.8. The van der Waals surface area contributed by atoms with Crippen LogP contribution in [0.2, 0.25) is 0 Å². The molecule has 2 spiro atoms. The number of hydrogen-bond donors (Lipinski definition) is 0. The van der Waals surface area contributed by atoms with Gasteiger partial charge in [-0.05, 0) is 79.6 Å². The van der Waals surface area contributed by atoms with Crippen LogP contribution in [0.1, 0.15) is 99.8 Å². The summed E-state index contributed by atoms with van der Waals surface area (Å²) in [5, 5.41) is 0. The molecule has 3 saturated carbocycles. The number of esters is 1. The lowest BCUT2D eigenvalue weighted by Crippen LogP contribution is -2.71. The second kappa shape index (κ2) is 8.20. The first-order chi connectivity index (χ1) is 16.0. The van der Waals surface area contributed by atoms with Crippen molar-refractivity contribution in [3.05, 3.63) is 23.8 Å². The van der Waals surface area contributed by atoms with E-state index >= 15 is 0 Å². The number of ether oxygens (including phenoxy) is 1.